The van der Waals surface area contributed by atoms with Crippen molar-refractivity contribution in [3.05, 3.63) is 86.9 Å². The van der Waals surface area contributed by atoms with E-state index >= 15 is 0 Å². The van der Waals surface area contributed by atoms with E-state index in [1.807, 2.05) is 12.1 Å². The van der Waals surface area contributed by atoms with E-state index in [0.29, 0.717) is 44.3 Å². The first kappa shape index (κ1) is 18.9. The summed E-state index contributed by atoms with van der Waals surface area (Å²) in [5.74, 6) is -1.03. The summed E-state index contributed by atoms with van der Waals surface area (Å²) in [6.07, 6.45) is 4.10. The molecule has 2 heterocycles. The molecule has 0 atom stereocenters. The third kappa shape index (κ3) is 3.27. The number of fused-ring (bicyclic) bond motifs is 3. The molecule has 7 heteroatoms. The van der Waals surface area contributed by atoms with Crippen LogP contribution in [-0.4, -0.2) is 20.5 Å². The van der Waals surface area contributed by atoms with Crippen molar-refractivity contribution < 1.29 is 9.90 Å². The molecular weight excluding hydrogens is 380 g/mol. The van der Waals surface area contributed by atoms with Gasteiger partial charge >= 0.3 is 5.97 Å². The minimum atomic E-state index is -1.03. The average molecular weight is 396 g/mol. The van der Waals surface area contributed by atoms with Crippen LogP contribution >= 0.6 is 0 Å². The number of hydrogen-bond acceptors (Lipinski definition) is 5. The van der Waals surface area contributed by atoms with Gasteiger partial charge in [-0.15, -0.1) is 0 Å². The van der Waals surface area contributed by atoms with Gasteiger partial charge in [-0.05, 0) is 48.4 Å². The molecule has 146 valence electrons. The number of carboxylic acid groups (broad SMARTS) is 1. The first-order valence-electron chi connectivity index (χ1n) is 9.11. The van der Waals surface area contributed by atoms with Gasteiger partial charge in [0.05, 0.1) is 21.8 Å². The normalized spacial score (nSPS) is 11.9. The van der Waals surface area contributed by atoms with E-state index < -0.39 is 5.97 Å². The van der Waals surface area contributed by atoms with Crippen LogP contribution in [0, 0.1) is 18.3 Å². The third-order valence-corrected chi connectivity index (χ3v) is 4.80. The number of nitriles is 1. The van der Waals surface area contributed by atoms with Gasteiger partial charge in [-0.25, -0.2) is 9.78 Å². The lowest BCUT2D eigenvalue weighted by Crippen LogP contribution is -2.34. The standard InChI is InChI=1S/C23H16N4O3/c1-14-17(12-24)22-26-19-7-2-3-8-20(19)27(22)23(30)18(14)13-25-16-6-4-5-15(11-16)9-10-21(28)29/h2-11,13,25H,1H3,(H,28,29)/b10-9+,18-13-. The zero-order valence-corrected chi connectivity index (χ0v) is 16.0. The fourth-order valence-electron chi connectivity index (χ4n) is 3.34. The van der Waals surface area contributed by atoms with Gasteiger partial charge < -0.3 is 10.4 Å². The number of pyridine rings is 1. The predicted octanol–water partition coefficient (Wildman–Crippen LogP) is 2.69. The molecule has 0 radical (unpaired) electrons. The molecule has 0 saturated heterocycles. The number of nitrogens with one attached hydrogen (secondary N) is 1. The molecular formula is C23H16N4O3. The Morgan fingerprint density at radius 2 is 2.03 bits per heavy atom. The molecule has 0 bridgehead atoms. The van der Waals surface area contributed by atoms with Crippen LogP contribution in [-0.2, 0) is 4.79 Å². The van der Waals surface area contributed by atoms with E-state index in [4.69, 9.17) is 5.11 Å². The van der Waals surface area contributed by atoms with Crippen LogP contribution in [0.2, 0.25) is 0 Å². The Kier molecular flexibility index (Phi) is 4.74. The van der Waals surface area contributed by atoms with Crippen LogP contribution in [0.1, 0.15) is 16.7 Å². The molecule has 2 N–H and O–H groups in total. The van der Waals surface area contributed by atoms with E-state index in [9.17, 15) is 14.9 Å². The quantitative estimate of drug-likeness (QED) is 0.514. The Morgan fingerprint density at radius 1 is 1.23 bits per heavy atom. The second-order valence-corrected chi connectivity index (χ2v) is 6.68. The summed E-state index contributed by atoms with van der Waals surface area (Å²) < 4.78 is 1.46. The fraction of sp³-hybridized carbons (Fsp3) is 0.0435. The SMILES string of the molecule is Cc1c(C#N)c2nc3ccccc3n2c(=O)/c1=C\Nc1cccc(/C=C/C(=O)O)c1. The van der Waals surface area contributed by atoms with Crippen molar-refractivity contribution in [3.63, 3.8) is 0 Å². The van der Waals surface area contributed by atoms with Crippen molar-refractivity contribution in [2.45, 2.75) is 6.92 Å². The molecule has 30 heavy (non-hydrogen) atoms. The van der Waals surface area contributed by atoms with Crippen LogP contribution in [0.4, 0.5) is 5.69 Å². The lowest BCUT2D eigenvalue weighted by molar-refractivity contribution is -0.131. The first-order valence-corrected chi connectivity index (χ1v) is 9.11. The van der Waals surface area contributed by atoms with E-state index in [1.54, 1.807) is 49.5 Å². The van der Waals surface area contributed by atoms with Gasteiger partial charge in [0.1, 0.15) is 6.07 Å². The van der Waals surface area contributed by atoms with Gasteiger partial charge in [-0.1, -0.05) is 24.3 Å². The molecule has 0 spiro atoms. The molecule has 0 aliphatic heterocycles. The predicted molar refractivity (Wildman–Crippen MR) is 115 cm³/mol. The largest absolute Gasteiger partial charge is 0.478 e. The van der Waals surface area contributed by atoms with Gasteiger partial charge in [0, 0.05) is 18.0 Å². The number of carbonyl (C=O) groups is 1. The molecule has 0 aliphatic rings. The molecule has 7 nitrogen and oxygen atoms in total. The molecule has 4 rings (SSSR count). The van der Waals surface area contributed by atoms with Crippen LogP contribution in [0.25, 0.3) is 29.0 Å². The van der Waals surface area contributed by atoms with Crippen LogP contribution in [0.5, 0.6) is 0 Å². The van der Waals surface area contributed by atoms with E-state index in [0.717, 1.165) is 6.08 Å². The molecule has 0 aliphatic carbocycles. The molecule has 0 unspecified atom stereocenters. The summed E-state index contributed by atoms with van der Waals surface area (Å²) in [6, 6.07) is 16.5. The van der Waals surface area contributed by atoms with Crippen LogP contribution in [0.3, 0.4) is 0 Å². The number of aromatic nitrogens is 2. The average Bonchev–Trinajstić information content (AvgIpc) is 3.12. The molecule has 4 aromatic rings. The second-order valence-electron chi connectivity index (χ2n) is 6.68. The van der Waals surface area contributed by atoms with Crippen molar-refractivity contribution in [1.29, 1.82) is 5.26 Å². The summed E-state index contributed by atoms with van der Waals surface area (Å²) in [7, 11) is 0. The van der Waals surface area contributed by atoms with Crippen molar-refractivity contribution in [2.75, 3.05) is 5.32 Å². The fourth-order valence-corrected chi connectivity index (χ4v) is 3.34. The van der Waals surface area contributed by atoms with Crippen LogP contribution in [0.15, 0.2) is 59.4 Å². The Morgan fingerprint density at radius 3 is 2.80 bits per heavy atom. The number of para-hydroxylation sites is 2. The maximum atomic E-state index is 13.2. The van der Waals surface area contributed by atoms with Gasteiger partial charge in [0.15, 0.2) is 5.65 Å². The maximum absolute atomic E-state index is 13.2. The minimum Gasteiger partial charge on any atom is -0.478 e. The van der Waals surface area contributed by atoms with Gasteiger partial charge in [-0.2, -0.15) is 5.26 Å². The number of nitrogens with zero attached hydrogens (tertiary/aromatic N) is 3. The second kappa shape index (κ2) is 7.53. The highest BCUT2D eigenvalue weighted by Gasteiger charge is 2.15. The lowest BCUT2D eigenvalue weighted by Gasteiger charge is -2.05. The number of benzene rings is 2. The summed E-state index contributed by atoms with van der Waals surface area (Å²) in [5.41, 5.74) is 3.62. The topological polar surface area (TPSA) is 107 Å². The number of rotatable bonds is 4. The highest BCUT2D eigenvalue weighted by Crippen LogP contribution is 2.18. The number of anilines is 1. The van der Waals surface area contributed by atoms with Gasteiger partial charge in [0.2, 0.25) is 0 Å². The Bertz CT molecular complexity index is 1490. The minimum absolute atomic E-state index is 0.273. The molecule has 0 fully saturated rings. The molecule has 0 saturated carbocycles. The first-order chi connectivity index (χ1) is 14.5. The van der Waals surface area contributed by atoms with Gasteiger partial charge in [0.25, 0.3) is 5.56 Å². The lowest BCUT2D eigenvalue weighted by atomic mass is 10.1. The zero-order chi connectivity index (χ0) is 21.3. The molecule has 2 aromatic carbocycles. The highest BCUT2D eigenvalue weighted by atomic mass is 16.4. The Labute approximate surface area is 170 Å². The number of aliphatic carboxylic acids is 1. The molecule has 0 amide bonds. The van der Waals surface area contributed by atoms with Crippen LogP contribution < -0.4 is 16.1 Å². The smallest absolute Gasteiger partial charge is 0.328 e. The van der Waals surface area contributed by atoms with Crippen molar-refractivity contribution in [3.8, 4) is 6.07 Å². The summed E-state index contributed by atoms with van der Waals surface area (Å²) in [6.45, 7) is 1.72. The maximum Gasteiger partial charge on any atom is 0.328 e. The summed E-state index contributed by atoms with van der Waals surface area (Å²) >= 11 is 0. The number of imidazole rings is 1. The summed E-state index contributed by atoms with van der Waals surface area (Å²) in [5, 5.41) is 21.9. The van der Waals surface area contributed by atoms with Crippen molar-refractivity contribution in [1.82, 2.24) is 9.38 Å². The van der Waals surface area contributed by atoms with E-state index in [2.05, 4.69) is 16.4 Å². The number of hydrogen-bond donors (Lipinski definition) is 2. The van der Waals surface area contributed by atoms with Crippen molar-refractivity contribution >= 4 is 40.6 Å². The number of carboxylic acids is 1. The molecule has 2 aromatic heterocycles. The zero-order valence-electron chi connectivity index (χ0n) is 16.0. The summed E-state index contributed by atoms with van der Waals surface area (Å²) in [4.78, 5) is 28.4. The van der Waals surface area contributed by atoms with E-state index in [1.165, 1.54) is 10.5 Å². The Hall–Kier alpha value is -4.44. The highest BCUT2D eigenvalue weighted by molar-refractivity contribution is 5.85. The monoisotopic (exact) mass is 396 g/mol. The van der Waals surface area contributed by atoms with Crippen molar-refractivity contribution in [2.24, 2.45) is 0 Å². The van der Waals surface area contributed by atoms with E-state index in [-0.39, 0.29) is 5.56 Å². The Balaban J connectivity index is 1.87. The third-order valence-electron chi connectivity index (χ3n) is 4.80. The van der Waals surface area contributed by atoms with Gasteiger partial charge in [-0.3, -0.25) is 9.20 Å².